The lowest BCUT2D eigenvalue weighted by Gasteiger charge is -2.40. The molecule has 0 fully saturated rings. The van der Waals surface area contributed by atoms with Gasteiger partial charge in [-0.25, -0.2) is 0 Å². The number of aromatic nitrogens is 2. The highest BCUT2D eigenvalue weighted by Gasteiger charge is 2.46. The highest BCUT2D eigenvalue weighted by atomic mass is 16.3. The van der Waals surface area contributed by atoms with Gasteiger partial charge in [-0.2, -0.15) is 5.10 Å². The minimum Gasteiger partial charge on any atom is -0.467 e. The molecule has 0 aliphatic carbocycles. The Morgan fingerprint density at radius 3 is 2.59 bits per heavy atom. The van der Waals surface area contributed by atoms with E-state index in [9.17, 15) is 14.4 Å². The minimum absolute atomic E-state index is 0.109. The summed E-state index contributed by atoms with van der Waals surface area (Å²) in [6.07, 6.45) is 1.52. The van der Waals surface area contributed by atoms with Crippen LogP contribution in [-0.4, -0.2) is 45.0 Å². The predicted octanol–water partition coefficient (Wildman–Crippen LogP) is 1.88. The first-order valence-corrected chi connectivity index (χ1v) is 10.3. The van der Waals surface area contributed by atoms with Gasteiger partial charge in [0.1, 0.15) is 17.0 Å². The Kier molecular flexibility index (Phi) is 5.56. The molecular formula is C23H25N5O4. The zero-order valence-corrected chi connectivity index (χ0v) is 18.2. The van der Waals surface area contributed by atoms with Gasteiger partial charge in [-0.1, -0.05) is 29.8 Å². The summed E-state index contributed by atoms with van der Waals surface area (Å²) in [5.41, 5.74) is 1.33. The van der Waals surface area contributed by atoms with Crippen molar-refractivity contribution in [2.75, 3.05) is 7.05 Å². The molecule has 1 unspecified atom stereocenters. The van der Waals surface area contributed by atoms with E-state index in [2.05, 4.69) is 15.7 Å². The number of rotatable bonds is 6. The molecular weight excluding hydrogens is 410 g/mol. The molecule has 2 N–H and O–H groups in total. The summed E-state index contributed by atoms with van der Waals surface area (Å²) < 4.78 is 6.63. The number of fused-ring (bicyclic) bond motifs is 1. The topological polar surface area (TPSA) is 109 Å². The SMILES string of the molecule is Cc1ccc(CNC(=O)C2(C)Cn3nc(C(=O)NCc4ccco4)cc3C(=O)N2C)cc1. The van der Waals surface area contributed by atoms with Crippen molar-refractivity contribution in [2.45, 2.75) is 39.0 Å². The maximum Gasteiger partial charge on any atom is 0.272 e. The van der Waals surface area contributed by atoms with E-state index in [1.807, 2.05) is 31.2 Å². The molecule has 3 aromatic rings. The van der Waals surface area contributed by atoms with Gasteiger partial charge in [-0.05, 0) is 31.5 Å². The van der Waals surface area contributed by atoms with Crippen LogP contribution in [0.3, 0.4) is 0 Å². The molecule has 0 saturated heterocycles. The fraction of sp³-hybridized carbons (Fsp3) is 0.304. The molecule has 3 amide bonds. The van der Waals surface area contributed by atoms with Crippen molar-refractivity contribution in [3.8, 4) is 0 Å². The van der Waals surface area contributed by atoms with Crippen LogP contribution in [0.2, 0.25) is 0 Å². The number of benzene rings is 1. The van der Waals surface area contributed by atoms with E-state index >= 15 is 0 Å². The molecule has 0 saturated carbocycles. The average molecular weight is 435 g/mol. The second-order valence-electron chi connectivity index (χ2n) is 8.14. The van der Waals surface area contributed by atoms with Gasteiger partial charge in [-0.3, -0.25) is 19.1 Å². The van der Waals surface area contributed by atoms with E-state index < -0.39 is 11.4 Å². The summed E-state index contributed by atoms with van der Waals surface area (Å²) in [6.45, 7) is 4.38. The normalized spacial score (nSPS) is 17.7. The lowest BCUT2D eigenvalue weighted by Crippen LogP contribution is -2.62. The van der Waals surface area contributed by atoms with E-state index in [4.69, 9.17) is 4.42 Å². The molecule has 0 radical (unpaired) electrons. The lowest BCUT2D eigenvalue weighted by atomic mass is 9.95. The Balaban J connectivity index is 1.47. The predicted molar refractivity (Wildman–Crippen MR) is 116 cm³/mol. The van der Waals surface area contributed by atoms with Crippen LogP contribution in [0.1, 0.15) is 44.8 Å². The van der Waals surface area contributed by atoms with Gasteiger partial charge in [0.05, 0.1) is 19.4 Å². The highest BCUT2D eigenvalue weighted by molar-refractivity contribution is 6.01. The van der Waals surface area contributed by atoms with Gasteiger partial charge >= 0.3 is 0 Å². The molecule has 9 heteroatoms. The zero-order chi connectivity index (χ0) is 22.9. The number of hydrogen-bond acceptors (Lipinski definition) is 5. The first-order chi connectivity index (χ1) is 15.3. The first-order valence-electron chi connectivity index (χ1n) is 10.3. The van der Waals surface area contributed by atoms with Crippen molar-refractivity contribution in [3.63, 3.8) is 0 Å². The van der Waals surface area contributed by atoms with E-state index in [-0.39, 0.29) is 36.3 Å². The number of nitrogens with zero attached hydrogens (tertiary/aromatic N) is 3. The highest BCUT2D eigenvalue weighted by Crippen LogP contribution is 2.26. The third-order valence-electron chi connectivity index (χ3n) is 5.80. The lowest BCUT2D eigenvalue weighted by molar-refractivity contribution is -0.132. The third kappa shape index (κ3) is 4.01. The van der Waals surface area contributed by atoms with Crippen molar-refractivity contribution in [3.05, 3.63) is 77.0 Å². The van der Waals surface area contributed by atoms with Gasteiger partial charge in [0, 0.05) is 19.7 Å². The summed E-state index contributed by atoms with van der Waals surface area (Å²) in [4.78, 5) is 39.9. The van der Waals surface area contributed by atoms with Gasteiger partial charge < -0.3 is 20.0 Å². The Labute approximate surface area is 185 Å². The average Bonchev–Trinajstić information content (AvgIpc) is 3.45. The Morgan fingerprint density at radius 1 is 1.16 bits per heavy atom. The smallest absolute Gasteiger partial charge is 0.272 e. The number of furan rings is 1. The monoisotopic (exact) mass is 435 g/mol. The largest absolute Gasteiger partial charge is 0.467 e. The van der Waals surface area contributed by atoms with Crippen molar-refractivity contribution < 1.29 is 18.8 Å². The number of carbonyl (C=O) groups is 3. The second kappa shape index (κ2) is 8.33. The number of hydrogen-bond donors (Lipinski definition) is 2. The van der Waals surface area contributed by atoms with Crippen LogP contribution in [0.5, 0.6) is 0 Å². The van der Waals surface area contributed by atoms with Gasteiger partial charge in [0.15, 0.2) is 5.69 Å². The van der Waals surface area contributed by atoms with Crippen LogP contribution >= 0.6 is 0 Å². The fourth-order valence-electron chi connectivity index (χ4n) is 3.59. The van der Waals surface area contributed by atoms with Gasteiger partial charge in [0.25, 0.3) is 11.8 Å². The summed E-state index contributed by atoms with van der Waals surface area (Å²) >= 11 is 0. The quantitative estimate of drug-likeness (QED) is 0.614. The van der Waals surface area contributed by atoms with E-state index in [0.29, 0.717) is 12.3 Å². The number of carbonyl (C=O) groups excluding carboxylic acids is 3. The summed E-state index contributed by atoms with van der Waals surface area (Å²) in [7, 11) is 1.58. The van der Waals surface area contributed by atoms with E-state index in [1.54, 1.807) is 26.1 Å². The molecule has 0 spiro atoms. The molecule has 4 rings (SSSR count). The van der Waals surface area contributed by atoms with Crippen molar-refractivity contribution in [2.24, 2.45) is 0 Å². The zero-order valence-electron chi connectivity index (χ0n) is 18.2. The fourth-order valence-corrected chi connectivity index (χ4v) is 3.59. The molecule has 32 heavy (non-hydrogen) atoms. The summed E-state index contributed by atoms with van der Waals surface area (Å²) in [5, 5.41) is 9.91. The van der Waals surface area contributed by atoms with Crippen molar-refractivity contribution in [1.29, 1.82) is 0 Å². The van der Waals surface area contributed by atoms with Gasteiger partial charge in [-0.15, -0.1) is 0 Å². The van der Waals surface area contributed by atoms with E-state index in [1.165, 1.54) is 21.9 Å². The van der Waals surface area contributed by atoms with Gasteiger partial charge in [0.2, 0.25) is 5.91 Å². The Hall–Kier alpha value is -3.88. The van der Waals surface area contributed by atoms with Crippen LogP contribution in [0, 0.1) is 6.92 Å². The standard InChI is InChI=1S/C23H25N5O4/c1-15-6-8-16(9-7-15)12-25-22(31)23(2)14-28-19(21(30)27(23)3)11-18(26-28)20(29)24-13-17-5-4-10-32-17/h4-11H,12-14H2,1-3H3,(H,24,29)(H,25,31). The molecule has 9 nitrogen and oxygen atoms in total. The molecule has 166 valence electrons. The van der Waals surface area contributed by atoms with E-state index in [0.717, 1.165) is 11.1 Å². The number of aryl methyl sites for hydroxylation is 1. The summed E-state index contributed by atoms with van der Waals surface area (Å²) in [6, 6.07) is 12.8. The van der Waals surface area contributed by atoms with Crippen molar-refractivity contribution in [1.82, 2.24) is 25.3 Å². The molecule has 0 bridgehead atoms. The van der Waals surface area contributed by atoms with Crippen LogP contribution in [0.25, 0.3) is 0 Å². The second-order valence-corrected chi connectivity index (χ2v) is 8.14. The molecule has 1 aromatic carbocycles. The van der Waals surface area contributed by atoms with Crippen LogP contribution < -0.4 is 10.6 Å². The van der Waals surface area contributed by atoms with Crippen LogP contribution in [-0.2, 0) is 24.4 Å². The Bertz CT molecular complexity index is 1150. The number of amides is 3. The molecule has 3 heterocycles. The van der Waals surface area contributed by atoms with Crippen molar-refractivity contribution >= 4 is 17.7 Å². The summed E-state index contributed by atoms with van der Waals surface area (Å²) in [5.74, 6) is -0.485. The maximum atomic E-state index is 13.1. The minimum atomic E-state index is -1.15. The number of nitrogens with one attached hydrogen (secondary N) is 2. The molecule has 1 atom stereocenters. The maximum absolute atomic E-state index is 13.1. The molecule has 1 aliphatic rings. The number of likely N-dealkylation sites (N-methyl/N-ethyl adjacent to an activating group) is 1. The Morgan fingerprint density at radius 2 is 1.91 bits per heavy atom. The first kappa shape index (κ1) is 21.4. The third-order valence-corrected chi connectivity index (χ3v) is 5.80. The molecule has 2 aromatic heterocycles. The van der Waals surface area contributed by atoms with Crippen LogP contribution in [0.15, 0.2) is 53.1 Å². The van der Waals surface area contributed by atoms with Crippen LogP contribution in [0.4, 0.5) is 0 Å². The molecule has 1 aliphatic heterocycles.